The maximum absolute atomic E-state index is 12.5. The van der Waals surface area contributed by atoms with Gasteiger partial charge >= 0.3 is 6.18 Å². The highest BCUT2D eigenvalue weighted by molar-refractivity contribution is 9.10. The van der Waals surface area contributed by atoms with Gasteiger partial charge in [-0.15, -0.1) is 0 Å². The van der Waals surface area contributed by atoms with E-state index in [4.69, 9.17) is 16.3 Å². The molecule has 0 N–H and O–H groups in total. The second-order valence-corrected chi connectivity index (χ2v) is 6.95. The van der Waals surface area contributed by atoms with Crippen LogP contribution in [0.2, 0.25) is 5.02 Å². The Bertz CT molecular complexity index is 809. The van der Waals surface area contributed by atoms with E-state index in [1.165, 1.54) is 12.1 Å². The maximum Gasteiger partial charge on any atom is 0.422 e. The smallest absolute Gasteiger partial charge is 0.422 e. The molecule has 2 aromatic rings. The number of rotatable bonds is 4. The van der Waals surface area contributed by atoms with Crippen molar-refractivity contribution >= 4 is 33.4 Å². The van der Waals surface area contributed by atoms with Gasteiger partial charge in [-0.25, -0.2) is 0 Å². The Hall–Kier alpha value is -1.73. The van der Waals surface area contributed by atoms with Crippen molar-refractivity contribution in [2.75, 3.05) is 6.61 Å². The SMILES string of the molecule is O=C1c2c(Cl)cc(OCC(F)(F)F)cc2CN1Cc1ccc(Br)cc1. The van der Waals surface area contributed by atoms with Crippen LogP contribution in [0.25, 0.3) is 0 Å². The average Bonchev–Trinajstić information content (AvgIpc) is 2.83. The van der Waals surface area contributed by atoms with Crippen LogP contribution in [0.1, 0.15) is 21.5 Å². The molecule has 132 valence electrons. The van der Waals surface area contributed by atoms with Crippen LogP contribution in [0.15, 0.2) is 40.9 Å². The van der Waals surface area contributed by atoms with Gasteiger partial charge in [0, 0.05) is 17.6 Å². The van der Waals surface area contributed by atoms with Gasteiger partial charge in [-0.05, 0) is 35.4 Å². The molecule has 0 aliphatic carbocycles. The summed E-state index contributed by atoms with van der Waals surface area (Å²) in [6.07, 6.45) is -4.44. The molecular formula is C17H12BrClF3NO2. The lowest BCUT2D eigenvalue weighted by Gasteiger charge is -2.15. The zero-order valence-corrected chi connectivity index (χ0v) is 15.1. The molecule has 3 rings (SSSR count). The summed E-state index contributed by atoms with van der Waals surface area (Å²) in [4.78, 5) is 14.1. The van der Waals surface area contributed by atoms with Gasteiger partial charge in [-0.3, -0.25) is 4.79 Å². The first kappa shape index (κ1) is 18.1. The minimum atomic E-state index is -4.44. The third kappa shape index (κ3) is 4.27. The number of nitrogens with zero attached hydrogens (tertiary/aromatic N) is 1. The fourth-order valence-electron chi connectivity index (χ4n) is 2.62. The quantitative estimate of drug-likeness (QED) is 0.662. The second kappa shape index (κ2) is 6.88. The second-order valence-electron chi connectivity index (χ2n) is 5.63. The standard InChI is InChI=1S/C17H12BrClF3NO2/c18-12-3-1-10(2-4-12)7-23-8-11-5-13(25-9-17(20,21)22)6-14(19)15(11)16(23)24/h1-6H,7-9H2. The molecule has 8 heteroatoms. The number of ether oxygens (including phenoxy) is 1. The first-order chi connectivity index (χ1) is 11.7. The largest absolute Gasteiger partial charge is 0.484 e. The van der Waals surface area contributed by atoms with Crippen molar-refractivity contribution in [2.45, 2.75) is 19.3 Å². The molecule has 1 amide bonds. The number of benzene rings is 2. The summed E-state index contributed by atoms with van der Waals surface area (Å²) in [5.74, 6) is -0.246. The van der Waals surface area contributed by atoms with E-state index in [0.717, 1.165) is 10.0 Å². The van der Waals surface area contributed by atoms with E-state index < -0.39 is 12.8 Å². The lowest BCUT2D eigenvalue weighted by molar-refractivity contribution is -0.153. The number of carbonyl (C=O) groups is 1. The molecule has 0 atom stereocenters. The molecule has 25 heavy (non-hydrogen) atoms. The monoisotopic (exact) mass is 433 g/mol. The van der Waals surface area contributed by atoms with Gasteiger partial charge in [0.1, 0.15) is 5.75 Å². The summed E-state index contributed by atoms with van der Waals surface area (Å²) in [7, 11) is 0. The van der Waals surface area contributed by atoms with Crippen LogP contribution in [0.4, 0.5) is 13.2 Å². The summed E-state index contributed by atoms with van der Waals surface area (Å²) in [6, 6.07) is 10.2. The molecule has 3 nitrogen and oxygen atoms in total. The Labute approximate surface area is 155 Å². The number of hydrogen-bond donors (Lipinski definition) is 0. The van der Waals surface area contributed by atoms with Crippen LogP contribution in [-0.2, 0) is 13.1 Å². The van der Waals surface area contributed by atoms with Crippen LogP contribution in [0, 0.1) is 0 Å². The van der Waals surface area contributed by atoms with E-state index in [-0.39, 0.29) is 23.2 Å². The Balaban J connectivity index is 1.78. The topological polar surface area (TPSA) is 29.5 Å². The Morgan fingerprint density at radius 1 is 1.20 bits per heavy atom. The Morgan fingerprint density at radius 3 is 2.52 bits per heavy atom. The van der Waals surface area contributed by atoms with Crippen molar-refractivity contribution in [2.24, 2.45) is 0 Å². The van der Waals surface area contributed by atoms with Gasteiger partial charge in [-0.1, -0.05) is 39.7 Å². The molecule has 1 aliphatic rings. The predicted octanol–water partition coefficient (Wildman–Crippen LogP) is 5.20. The summed E-state index contributed by atoms with van der Waals surface area (Å²) in [6.45, 7) is -0.748. The highest BCUT2D eigenvalue weighted by Gasteiger charge is 2.32. The van der Waals surface area contributed by atoms with Gasteiger partial charge in [0.2, 0.25) is 0 Å². The number of fused-ring (bicyclic) bond motifs is 1. The van der Waals surface area contributed by atoms with Gasteiger partial charge < -0.3 is 9.64 Å². The minimum absolute atomic E-state index is 0.000586. The van der Waals surface area contributed by atoms with Crippen LogP contribution in [-0.4, -0.2) is 23.6 Å². The van der Waals surface area contributed by atoms with E-state index >= 15 is 0 Å². The zero-order valence-electron chi connectivity index (χ0n) is 12.7. The van der Waals surface area contributed by atoms with E-state index in [2.05, 4.69) is 15.9 Å². The molecule has 2 aromatic carbocycles. The lowest BCUT2D eigenvalue weighted by Crippen LogP contribution is -2.23. The van der Waals surface area contributed by atoms with Crippen molar-refractivity contribution in [1.29, 1.82) is 0 Å². The first-order valence-corrected chi connectivity index (χ1v) is 8.46. The number of halogens is 5. The average molecular weight is 435 g/mol. The van der Waals surface area contributed by atoms with Gasteiger partial charge in [0.05, 0.1) is 10.6 Å². The lowest BCUT2D eigenvalue weighted by atomic mass is 10.1. The van der Waals surface area contributed by atoms with Crippen molar-refractivity contribution in [1.82, 2.24) is 4.90 Å². The van der Waals surface area contributed by atoms with Crippen LogP contribution < -0.4 is 4.74 Å². The zero-order chi connectivity index (χ0) is 18.2. The van der Waals surface area contributed by atoms with Crippen LogP contribution >= 0.6 is 27.5 Å². The van der Waals surface area contributed by atoms with Crippen LogP contribution in [0.3, 0.4) is 0 Å². The van der Waals surface area contributed by atoms with Crippen molar-refractivity contribution in [3.63, 3.8) is 0 Å². The molecule has 0 saturated heterocycles. The molecule has 1 aliphatic heterocycles. The highest BCUT2D eigenvalue weighted by atomic mass is 79.9. The van der Waals surface area contributed by atoms with E-state index in [1.54, 1.807) is 4.90 Å². The molecule has 0 bridgehead atoms. The van der Waals surface area contributed by atoms with Gasteiger partial charge in [-0.2, -0.15) is 13.2 Å². The summed E-state index contributed by atoms with van der Waals surface area (Å²) in [5.41, 5.74) is 1.82. The van der Waals surface area contributed by atoms with Gasteiger partial charge in [0.15, 0.2) is 6.61 Å². The number of amides is 1. The maximum atomic E-state index is 12.5. The minimum Gasteiger partial charge on any atom is -0.484 e. The van der Waals surface area contributed by atoms with Gasteiger partial charge in [0.25, 0.3) is 5.91 Å². The van der Waals surface area contributed by atoms with Crippen molar-refractivity contribution < 1.29 is 22.7 Å². The number of carbonyl (C=O) groups excluding carboxylic acids is 1. The third-order valence-corrected chi connectivity index (χ3v) is 4.52. The summed E-state index contributed by atoms with van der Waals surface area (Å²) >= 11 is 9.44. The molecular weight excluding hydrogens is 423 g/mol. The molecule has 1 heterocycles. The third-order valence-electron chi connectivity index (χ3n) is 3.70. The summed E-state index contributed by atoms with van der Waals surface area (Å²) in [5, 5.41) is 0.0954. The van der Waals surface area contributed by atoms with Crippen LogP contribution in [0.5, 0.6) is 5.75 Å². The molecule has 0 aromatic heterocycles. The fraction of sp³-hybridized carbons (Fsp3) is 0.235. The van der Waals surface area contributed by atoms with E-state index in [0.29, 0.717) is 17.7 Å². The van der Waals surface area contributed by atoms with Crippen molar-refractivity contribution in [3.8, 4) is 5.75 Å². The Kier molecular flexibility index (Phi) is 4.97. The van der Waals surface area contributed by atoms with E-state index in [1.807, 2.05) is 24.3 Å². The Morgan fingerprint density at radius 2 is 1.88 bits per heavy atom. The number of alkyl halides is 3. The normalized spacial score (nSPS) is 14.0. The molecule has 0 radical (unpaired) electrons. The summed E-state index contributed by atoms with van der Waals surface area (Å²) < 4.78 is 42.5. The molecule has 0 unspecified atom stereocenters. The molecule has 0 saturated carbocycles. The first-order valence-electron chi connectivity index (χ1n) is 7.28. The predicted molar refractivity (Wildman–Crippen MR) is 90.7 cm³/mol. The molecule has 0 fully saturated rings. The molecule has 0 spiro atoms. The fourth-order valence-corrected chi connectivity index (χ4v) is 3.20. The number of hydrogen-bond acceptors (Lipinski definition) is 2. The van der Waals surface area contributed by atoms with Crippen molar-refractivity contribution in [3.05, 3.63) is 62.6 Å². The highest BCUT2D eigenvalue weighted by Crippen LogP contribution is 2.34. The van der Waals surface area contributed by atoms with E-state index in [9.17, 15) is 18.0 Å².